The second-order valence-electron chi connectivity index (χ2n) is 12.2. The van der Waals surface area contributed by atoms with E-state index in [-0.39, 0.29) is 11.8 Å². The number of ether oxygens (including phenoxy) is 1. The molecule has 0 fully saturated rings. The summed E-state index contributed by atoms with van der Waals surface area (Å²) in [7, 11) is 0. The molecule has 0 aliphatic rings. The van der Waals surface area contributed by atoms with Crippen molar-refractivity contribution in [2.75, 3.05) is 6.61 Å². The number of carbonyl (C=O) groups is 2. The first-order chi connectivity index (χ1) is 21.1. The molecule has 44 heavy (non-hydrogen) atoms. The molecule has 0 saturated carbocycles. The SMILES string of the molecule is CCCCCCCOc1ccc(-c2cnc(-c3ccc(CC(NC(=O)c4ccc(C(C)(C)C)cc4)C(=O)O)cc3)nc2)cc1. The number of rotatable bonds is 14. The van der Waals surface area contributed by atoms with E-state index in [9.17, 15) is 14.7 Å². The van der Waals surface area contributed by atoms with E-state index in [1.165, 1.54) is 25.7 Å². The van der Waals surface area contributed by atoms with Gasteiger partial charge in [0.25, 0.3) is 5.91 Å². The highest BCUT2D eigenvalue weighted by molar-refractivity contribution is 5.96. The molecular weight excluding hydrogens is 550 g/mol. The van der Waals surface area contributed by atoms with Crippen molar-refractivity contribution < 1.29 is 19.4 Å². The Morgan fingerprint density at radius 1 is 0.795 bits per heavy atom. The van der Waals surface area contributed by atoms with Crippen LogP contribution in [0.1, 0.15) is 81.3 Å². The van der Waals surface area contributed by atoms with Crippen LogP contribution >= 0.6 is 0 Å². The zero-order valence-electron chi connectivity index (χ0n) is 26.2. The topological polar surface area (TPSA) is 101 Å². The molecule has 0 saturated heterocycles. The molecule has 0 spiro atoms. The highest BCUT2D eigenvalue weighted by Gasteiger charge is 2.22. The van der Waals surface area contributed by atoms with Gasteiger partial charge in [-0.05, 0) is 52.8 Å². The number of hydrogen-bond acceptors (Lipinski definition) is 5. The monoisotopic (exact) mass is 593 g/mol. The van der Waals surface area contributed by atoms with Gasteiger partial charge in [-0.3, -0.25) is 4.79 Å². The summed E-state index contributed by atoms with van der Waals surface area (Å²) in [5, 5.41) is 12.4. The molecule has 0 aliphatic carbocycles. The Labute approximate surface area is 260 Å². The van der Waals surface area contributed by atoms with Crippen molar-refractivity contribution in [1.29, 1.82) is 0 Å². The van der Waals surface area contributed by atoms with E-state index in [1.54, 1.807) is 24.5 Å². The van der Waals surface area contributed by atoms with E-state index in [0.29, 0.717) is 11.4 Å². The number of nitrogens with zero attached hydrogens (tertiary/aromatic N) is 2. The quantitative estimate of drug-likeness (QED) is 0.144. The molecule has 0 aliphatic heterocycles. The summed E-state index contributed by atoms with van der Waals surface area (Å²) in [5.74, 6) is -0.0657. The number of hydrogen-bond donors (Lipinski definition) is 2. The van der Waals surface area contributed by atoms with Crippen molar-refractivity contribution >= 4 is 11.9 Å². The number of carbonyl (C=O) groups excluding carboxylic acids is 1. The van der Waals surface area contributed by atoms with Crippen LogP contribution in [0.3, 0.4) is 0 Å². The first kappa shape index (κ1) is 32.4. The van der Waals surface area contributed by atoms with Gasteiger partial charge in [0.2, 0.25) is 0 Å². The van der Waals surface area contributed by atoms with Crippen molar-refractivity contribution in [3.05, 3.63) is 102 Å². The molecule has 7 heteroatoms. The normalized spacial score (nSPS) is 12.0. The predicted octanol–water partition coefficient (Wildman–Crippen LogP) is 7.88. The molecule has 3 aromatic carbocycles. The highest BCUT2D eigenvalue weighted by atomic mass is 16.5. The Kier molecular flexibility index (Phi) is 11.2. The molecule has 0 bridgehead atoms. The van der Waals surface area contributed by atoms with Gasteiger partial charge in [0.15, 0.2) is 5.82 Å². The molecule has 2 N–H and O–H groups in total. The number of carboxylic acids is 1. The van der Waals surface area contributed by atoms with Crippen molar-refractivity contribution in [1.82, 2.24) is 15.3 Å². The maximum absolute atomic E-state index is 12.8. The molecular formula is C37H43N3O4. The van der Waals surface area contributed by atoms with Gasteiger partial charge in [0.1, 0.15) is 11.8 Å². The Bertz CT molecular complexity index is 1490. The summed E-state index contributed by atoms with van der Waals surface area (Å²) in [5.41, 5.74) is 5.01. The minimum absolute atomic E-state index is 0.0352. The molecule has 4 rings (SSSR count). The first-order valence-electron chi connectivity index (χ1n) is 15.4. The van der Waals surface area contributed by atoms with Crippen LogP contribution in [0.5, 0.6) is 5.75 Å². The predicted molar refractivity (Wildman–Crippen MR) is 175 cm³/mol. The summed E-state index contributed by atoms with van der Waals surface area (Å²) in [6.45, 7) is 9.25. The third-order valence-corrected chi connectivity index (χ3v) is 7.62. The van der Waals surface area contributed by atoms with Gasteiger partial charge >= 0.3 is 5.97 Å². The number of unbranched alkanes of at least 4 members (excludes halogenated alkanes) is 4. The lowest BCUT2D eigenvalue weighted by Gasteiger charge is -2.19. The van der Waals surface area contributed by atoms with E-state index >= 15 is 0 Å². The molecule has 1 heterocycles. The van der Waals surface area contributed by atoms with Gasteiger partial charge in [0.05, 0.1) is 6.61 Å². The first-order valence-corrected chi connectivity index (χ1v) is 15.4. The van der Waals surface area contributed by atoms with Gasteiger partial charge in [-0.25, -0.2) is 14.8 Å². The Morgan fingerprint density at radius 2 is 1.41 bits per heavy atom. The van der Waals surface area contributed by atoms with Crippen LogP contribution in [0, 0.1) is 0 Å². The zero-order chi connectivity index (χ0) is 31.5. The van der Waals surface area contributed by atoms with E-state index in [1.807, 2.05) is 60.7 Å². The van der Waals surface area contributed by atoms with Crippen LogP contribution in [-0.2, 0) is 16.6 Å². The Hall–Kier alpha value is -4.52. The van der Waals surface area contributed by atoms with Crippen molar-refractivity contribution in [3.8, 4) is 28.3 Å². The van der Waals surface area contributed by atoms with Gasteiger partial charge < -0.3 is 15.2 Å². The average Bonchev–Trinajstić information content (AvgIpc) is 3.03. The fourth-order valence-corrected chi connectivity index (χ4v) is 4.85. The third kappa shape index (κ3) is 9.24. The van der Waals surface area contributed by atoms with E-state index in [4.69, 9.17) is 4.74 Å². The fourth-order valence-electron chi connectivity index (χ4n) is 4.85. The van der Waals surface area contributed by atoms with Gasteiger partial charge in [-0.2, -0.15) is 0 Å². The maximum atomic E-state index is 12.8. The fraction of sp³-hybridized carbons (Fsp3) is 0.351. The summed E-state index contributed by atoms with van der Waals surface area (Å²) < 4.78 is 5.87. The second kappa shape index (κ2) is 15.3. The van der Waals surface area contributed by atoms with Crippen molar-refractivity contribution in [2.24, 2.45) is 0 Å². The number of amides is 1. The van der Waals surface area contributed by atoms with Crippen LogP contribution in [0.15, 0.2) is 85.2 Å². The smallest absolute Gasteiger partial charge is 0.326 e. The average molecular weight is 594 g/mol. The molecule has 230 valence electrons. The third-order valence-electron chi connectivity index (χ3n) is 7.62. The molecule has 0 radical (unpaired) electrons. The lowest BCUT2D eigenvalue weighted by molar-refractivity contribution is -0.139. The van der Waals surface area contributed by atoms with Crippen molar-refractivity contribution in [2.45, 2.75) is 77.7 Å². The number of benzene rings is 3. The molecule has 1 aromatic heterocycles. The van der Waals surface area contributed by atoms with Crippen LogP contribution in [-0.4, -0.2) is 39.6 Å². The minimum Gasteiger partial charge on any atom is -0.494 e. The van der Waals surface area contributed by atoms with Crippen LogP contribution < -0.4 is 10.1 Å². The van der Waals surface area contributed by atoms with Crippen LogP contribution in [0.4, 0.5) is 0 Å². The zero-order valence-corrected chi connectivity index (χ0v) is 26.2. The summed E-state index contributed by atoms with van der Waals surface area (Å²) >= 11 is 0. The van der Waals surface area contributed by atoms with E-state index < -0.39 is 17.9 Å². The number of carboxylic acid groups (broad SMARTS) is 1. The standard InChI is InChI=1S/C37H43N3O4/c1-5-6-7-8-9-22-44-32-20-16-27(17-21-32)30-24-38-34(39-25-30)28-12-10-26(11-13-28)23-33(36(42)43)40-35(41)29-14-18-31(19-15-29)37(2,3)4/h10-21,24-25,33H,5-9,22-23H2,1-4H3,(H,40,41)(H,42,43). The molecule has 1 unspecified atom stereocenters. The largest absolute Gasteiger partial charge is 0.494 e. The molecule has 7 nitrogen and oxygen atoms in total. The summed E-state index contributed by atoms with van der Waals surface area (Å²) in [6.07, 6.45) is 9.80. The van der Waals surface area contributed by atoms with Gasteiger partial charge in [-0.15, -0.1) is 0 Å². The van der Waals surface area contributed by atoms with Gasteiger partial charge in [0, 0.05) is 35.5 Å². The Balaban J connectivity index is 1.32. The number of aliphatic carboxylic acids is 1. The minimum atomic E-state index is -1.09. The number of aromatic nitrogens is 2. The maximum Gasteiger partial charge on any atom is 0.326 e. The molecule has 1 amide bonds. The summed E-state index contributed by atoms with van der Waals surface area (Å²) in [6, 6.07) is 21.6. The molecule has 4 aromatic rings. The van der Waals surface area contributed by atoms with Crippen LogP contribution in [0.2, 0.25) is 0 Å². The van der Waals surface area contributed by atoms with Gasteiger partial charge in [-0.1, -0.05) is 102 Å². The lowest BCUT2D eigenvalue weighted by Crippen LogP contribution is -2.42. The van der Waals surface area contributed by atoms with Crippen molar-refractivity contribution in [3.63, 3.8) is 0 Å². The number of nitrogens with one attached hydrogen (secondary N) is 1. The second-order valence-corrected chi connectivity index (χ2v) is 12.2. The Morgan fingerprint density at radius 3 is 2.00 bits per heavy atom. The van der Waals surface area contributed by atoms with E-state index in [2.05, 4.69) is 43.0 Å². The lowest BCUT2D eigenvalue weighted by atomic mass is 9.86. The molecule has 1 atom stereocenters. The highest BCUT2D eigenvalue weighted by Crippen LogP contribution is 2.24. The van der Waals surface area contributed by atoms with E-state index in [0.717, 1.165) is 46.6 Å². The summed E-state index contributed by atoms with van der Waals surface area (Å²) in [4.78, 5) is 33.8. The van der Waals surface area contributed by atoms with Crippen LogP contribution in [0.25, 0.3) is 22.5 Å².